The van der Waals surface area contributed by atoms with Crippen LogP contribution in [0.3, 0.4) is 0 Å². The van der Waals surface area contributed by atoms with Crippen molar-refractivity contribution in [2.24, 2.45) is 11.8 Å². The fourth-order valence-electron chi connectivity index (χ4n) is 3.63. The van der Waals surface area contributed by atoms with Gasteiger partial charge >= 0.3 is 6.03 Å². The van der Waals surface area contributed by atoms with E-state index in [0.29, 0.717) is 32.6 Å². The minimum absolute atomic E-state index is 0.0636. The summed E-state index contributed by atoms with van der Waals surface area (Å²) in [7, 11) is 0. The Labute approximate surface area is 155 Å². The van der Waals surface area contributed by atoms with Crippen LogP contribution in [0.15, 0.2) is 12.1 Å². The molecule has 4 heterocycles. The van der Waals surface area contributed by atoms with Crippen molar-refractivity contribution in [1.82, 2.24) is 9.80 Å². The van der Waals surface area contributed by atoms with Gasteiger partial charge in [-0.3, -0.25) is 4.79 Å². The highest BCUT2D eigenvalue weighted by atomic mass is 35.5. The zero-order valence-corrected chi connectivity index (χ0v) is 15.3. The van der Waals surface area contributed by atoms with E-state index in [-0.39, 0.29) is 36.4 Å². The van der Waals surface area contributed by atoms with Gasteiger partial charge < -0.3 is 14.5 Å². The molecular formula is C18H19ClN2O3S. The summed E-state index contributed by atoms with van der Waals surface area (Å²) in [5.74, 6) is 6.86. The van der Waals surface area contributed by atoms with Crippen LogP contribution < -0.4 is 0 Å². The maximum Gasteiger partial charge on any atom is 0.320 e. The summed E-state index contributed by atoms with van der Waals surface area (Å²) in [6, 6.07) is 3.82. The van der Waals surface area contributed by atoms with Crippen LogP contribution in [0, 0.1) is 23.7 Å². The molecule has 0 N–H and O–H groups in total. The Morgan fingerprint density at radius 1 is 1.28 bits per heavy atom. The number of urea groups is 1. The number of fused-ring (bicyclic) bond motifs is 1. The summed E-state index contributed by atoms with van der Waals surface area (Å²) in [6.45, 7) is 2.90. The number of hydrogen-bond acceptors (Lipinski definition) is 4. The van der Waals surface area contributed by atoms with Crippen LogP contribution in [0.5, 0.6) is 0 Å². The van der Waals surface area contributed by atoms with Crippen LogP contribution in [0.1, 0.15) is 17.7 Å². The molecule has 0 bridgehead atoms. The van der Waals surface area contributed by atoms with Crippen molar-refractivity contribution >= 4 is 34.8 Å². The van der Waals surface area contributed by atoms with Crippen molar-refractivity contribution in [3.8, 4) is 11.8 Å². The molecule has 3 aliphatic heterocycles. The van der Waals surface area contributed by atoms with Gasteiger partial charge in [-0.1, -0.05) is 23.4 Å². The third-order valence-corrected chi connectivity index (χ3v) is 6.15. The van der Waals surface area contributed by atoms with E-state index in [9.17, 15) is 9.59 Å². The molecule has 5 nitrogen and oxygen atoms in total. The molecule has 132 valence electrons. The zero-order valence-electron chi connectivity index (χ0n) is 13.7. The van der Waals surface area contributed by atoms with Gasteiger partial charge in [0.05, 0.1) is 21.2 Å². The number of likely N-dealkylation sites (tertiary alicyclic amines) is 2. The Hall–Kier alpha value is -1.55. The number of carbonyl (C=O) groups is 2. The summed E-state index contributed by atoms with van der Waals surface area (Å²) in [5, 5.41) is 0. The largest absolute Gasteiger partial charge is 0.370 e. The Balaban J connectivity index is 1.28. The molecule has 1 aromatic rings. The van der Waals surface area contributed by atoms with Gasteiger partial charge in [-0.15, -0.1) is 11.3 Å². The summed E-state index contributed by atoms with van der Waals surface area (Å²) in [5.41, 5.74) is 0. The van der Waals surface area contributed by atoms with Crippen LogP contribution >= 0.6 is 22.9 Å². The number of Topliss-reactive ketones (excluding diaryl/α,β-unsaturated/α-hetero) is 1. The highest BCUT2D eigenvalue weighted by Crippen LogP contribution is 2.29. The number of thiophene rings is 1. The van der Waals surface area contributed by atoms with Crippen molar-refractivity contribution in [1.29, 1.82) is 0 Å². The molecule has 0 saturated carbocycles. The first-order valence-corrected chi connectivity index (χ1v) is 9.72. The first-order valence-electron chi connectivity index (χ1n) is 8.52. The number of ketones is 1. The number of ether oxygens (including phenoxy) is 1. The minimum Gasteiger partial charge on any atom is -0.370 e. The summed E-state index contributed by atoms with van der Waals surface area (Å²) >= 11 is 7.36. The van der Waals surface area contributed by atoms with Crippen molar-refractivity contribution < 1.29 is 14.3 Å². The van der Waals surface area contributed by atoms with Crippen molar-refractivity contribution in [2.75, 3.05) is 32.8 Å². The number of rotatable bonds is 0. The molecule has 0 aliphatic carbocycles. The fraction of sp³-hybridized carbons (Fsp3) is 0.556. The summed E-state index contributed by atoms with van der Waals surface area (Å²) in [4.78, 5) is 28.9. The Bertz CT molecular complexity index is 747. The zero-order chi connectivity index (χ0) is 17.4. The third kappa shape index (κ3) is 3.69. The van der Waals surface area contributed by atoms with E-state index in [1.807, 2.05) is 21.9 Å². The van der Waals surface area contributed by atoms with Gasteiger partial charge in [-0.2, -0.15) is 0 Å². The lowest BCUT2D eigenvalue weighted by Gasteiger charge is -2.45. The van der Waals surface area contributed by atoms with Gasteiger partial charge in [0, 0.05) is 38.5 Å². The van der Waals surface area contributed by atoms with Gasteiger partial charge in [0.15, 0.2) is 5.78 Å². The summed E-state index contributed by atoms with van der Waals surface area (Å²) < 4.78 is 6.33. The third-order valence-electron chi connectivity index (χ3n) is 5.01. The molecule has 3 aliphatic rings. The number of hydrogen-bond donors (Lipinski definition) is 0. The standard InChI is InChI=1S/C18H19ClN2O3S/c19-17-4-3-15(25-17)2-1-12-8-21(9-12)18(23)20-6-5-16-13(10-20)7-14(22)11-24-16/h3-4,12-13,16H,5-11H2/t13-,16+/m1/s1. The van der Waals surface area contributed by atoms with E-state index in [2.05, 4.69) is 11.8 Å². The first kappa shape index (κ1) is 16.9. The second-order valence-corrected chi connectivity index (χ2v) is 8.56. The van der Waals surface area contributed by atoms with Gasteiger partial charge in [0.2, 0.25) is 0 Å². The van der Waals surface area contributed by atoms with E-state index in [4.69, 9.17) is 16.3 Å². The Morgan fingerprint density at radius 3 is 2.88 bits per heavy atom. The lowest BCUT2D eigenvalue weighted by atomic mass is 9.88. The van der Waals surface area contributed by atoms with E-state index in [1.54, 1.807) is 0 Å². The van der Waals surface area contributed by atoms with Crippen molar-refractivity contribution in [2.45, 2.75) is 18.9 Å². The molecule has 1 aromatic heterocycles. The molecule has 2 atom stereocenters. The average molecular weight is 379 g/mol. The molecular weight excluding hydrogens is 360 g/mol. The van der Waals surface area contributed by atoms with Gasteiger partial charge in [-0.25, -0.2) is 4.79 Å². The molecule has 3 fully saturated rings. The maximum absolute atomic E-state index is 12.6. The molecule has 4 rings (SSSR count). The van der Waals surface area contributed by atoms with Gasteiger partial charge in [0.1, 0.15) is 6.61 Å². The molecule has 3 saturated heterocycles. The van der Waals surface area contributed by atoms with Crippen LogP contribution in [0.2, 0.25) is 4.34 Å². The SMILES string of the molecule is O=C1CO[C@H]2CCN(C(=O)N3CC(C#Cc4ccc(Cl)s4)C3)C[C@H]2C1. The van der Waals surface area contributed by atoms with E-state index >= 15 is 0 Å². The van der Waals surface area contributed by atoms with Crippen LogP contribution in [0.4, 0.5) is 4.79 Å². The maximum atomic E-state index is 12.6. The number of nitrogens with zero attached hydrogens (tertiary/aromatic N) is 2. The Morgan fingerprint density at radius 2 is 2.12 bits per heavy atom. The lowest BCUT2D eigenvalue weighted by molar-refractivity contribution is -0.140. The highest BCUT2D eigenvalue weighted by molar-refractivity contribution is 7.16. The quantitative estimate of drug-likeness (QED) is 0.652. The molecule has 0 unspecified atom stereocenters. The van der Waals surface area contributed by atoms with Crippen molar-refractivity contribution in [3.05, 3.63) is 21.3 Å². The summed E-state index contributed by atoms with van der Waals surface area (Å²) in [6.07, 6.45) is 1.49. The van der Waals surface area contributed by atoms with Crippen LogP contribution in [-0.4, -0.2) is 60.5 Å². The van der Waals surface area contributed by atoms with E-state index < -0.39 is 0 Å². The predicted molar refractivity (Wildman–Crippen MR) is 95.7 cm³/mol. The molecule has 0 aromatic carbocycles. The smallest absolute Gasteiger partial charge is 0.320 e. The van der Waals surface area contributed by atoms with Crippen LogP contribution in [0.25, 0.3) is 0 Å². The fourth-order valence-corrected chi connectivity index (χ4v) is 4.54. The molecule has 2 amide bonds. The lowest BCUT2D eigenvalue weighted by Crippen LogP contribution is -2.58. The van der Waals surface area contributed by atoms with Crippen molar-refractivity contribution in [3.63, 3.8) is 0 Å². The Kier molecular flexibility index (Phi) is 4.72. The minimum atomic E-state index is 0.0636. The number of amides is 2. The number of carbonyl (C=O) groups excluding carboxylic acids is 2. The monoisotopic (exact) mass is 378 g/mol. The molecule has 7 heteroatoms. The molecule has 25 heavy (non-hydrogen) atoms. The first-order chi connectivity index (χ1) is 12.1. The normalized spacial score (nSPS) is 26.5. The second kappa shape index (κ2) is 6.99. The predicted octanol–water partition coefficient (Wildman–Crippen LogP) is 2.48. The topological polar surface area (TPSA) is 49.9 Å². The van der Waals surface area contributed by atoms with E-state index in [1.165, 1.54) is 11.3 Å². The van der Waals surface area contributed by atoms with E-state index in [0.717, 1.165) is 15.6 Å². The molecule has 0 radical (unpaired) electrons. The average Bonchev–Trinajstić information content (AvgIpc) is 2.97. The molecule has 0 spiro atoms. The number of piperidine rings is 1. The highest BCUT2D eigenvalue weighted by Gasteiger charge is 2.39. The van der Waals surface area contributed by atoms with Gasteiger partial charge in [0.25, 0.3) is 0 Å². The number of halogens is 1. The second-order valence-electron chi connectivity index (χ2n) is 6.84. The van der Waals surface area contributed by atoms with Gasteiger partial charge in [-0.05, 0) is 18.6 Å². The van der Waals surface area contributed by atoms with Crippen LogP contribution in [-0.2, 0) is 9.53 Å².